The topological polar surface area (TPSA) is 66.1 Å². The van der Waals surface area contributed by atoms with Crippen molar-refractivity contribution in [3.8, 4) is 5.75 Å². The fourth-order valence-electron chi connectivity index (χ4n) is 4.20. The number of nitrogens with zero attached hydrogens (tertiary/aromatic N) is 3. The first-order valence-electron chi connectivity index (χ1n) is 10.9. The van der Waals surface area contributed by atoms with Gasteiger partial charge in [-0.25, -0.2) is 0 Å². The van der Waals surface area contributed by atoms with Crippen molar-refractivity contribution in [1.82, 2.24) is 10.2 Å². The molecule has 1 aliphatic carbocycles. The van der Waals surface area contributed by atoms with Gasteiger partial charge in [0.25, 0.3) is 0 Å². The van der Waals surface area contributed by atoms with Crippen LogP contribution in [0.15, 0.2) is 29.3 Å². The van der Waals surface area contributed by atoms with Crippen molar-refractivity contribution in [2.45, 2.75) is 51.0 Å². The van der Waals surface area contributed by atoms with E-state index in [9.17, 15) is 0 Å². The number of piperazine rings is 1. The van der Waals surface area contributed by atoms with E-state index >= 15 is 0 Å². The third kappa shape index (κ3) is 8.20. The zero-order valence-corrected chi connectivity index (χ0v) is 20.1. The summed E-state index contributed by atoms with van der Waals surface area (Å²) in [6.07, 6.45) is 8.88. The molecule has 1 heterocycles. The third-order valence-corrected chi connectivity index (χ3v) is 5.93. The van der Waals surface area contributed by atoms with Gasteiger partial charge in [0.2, 0.25) is 0 Å². The molecule has 0 bridgehead atoms. The Bertz CT molecular complexity index is 594. The van der Waals surface area contributed by atoms with Crippen LogP contribution in [0.25, 0.3) is 0 Å². The molecule has 0 unspecified atom stereocenters. The second-order valence-corrected chi connectivity index (χ2v) is 7.98. The summed E-state index contributed by atoms with van der Waals surface area (Å²) < 4.78 is 5.24. The normalized spacial score (nSPS) is 19.3. The molecule has 2 fully saturated rings. The molecule has 7 heteroatoms. The first-order chi connectivity index (χ1) is 13.7. The lowest BCUT2D eigenvalue weighted by molar-refractivity contribution is 0.256. The van der Waals surface area contributed by atoms with E-state index in [0.717, 1.165) is 51.4 Å². The summed E-state index contributed by atoms with van der Waals surface area (Å²) in [7, 11) is 1.71. The van der Waals surface area contributed by atoms with E-state index in [2.05, 4.69) is 32.2 Å². The van der Waals surface area contributed by atoms with E-state index in [4.69, 9.17) is 10.5 Å². The van der Waals surface area contributed by atoms with Gasteiger partial charge >= 0.3 is 0 Å². The fourth-order valence-corrected chi connectivity index (χ4v) is 4.20. The average Bonchev–Trinajstić information content (AvgIpc) is 3.00. The zero-order chi connectivity index (χ0) is 19.6. The number of nitrogens with two attached hydrogens (primary N) is 1. The summed E-state index contributed by atoms with van der Waals surface area (Å²) in [5.74, 6) is 1.55. The van der Waals surface area contributed by atoms with E-state index in [1.165, 1.54) is 44.2 Å². The zero-order valence-electron chi connectivity index (χ0n) is 17.8. The molecule has 6 nitrogen and oxygen atoms in total. The number of hydrogen-bond donors (Lipinski definition) is 2. The van der Waals surface area contributed by atoms with Crippen LogP contribution in [0.1, 0.15) is 44.9 Å². The number of ether oxygens (including phenoxy) is 1. The van der Waals surface area contributed by atoms with Crippen molar-refractivity contribution >= 4 is 35.6 Å². The Hall–Kier alpha value is -1.22. The van der Waals surface area contributed by atoms with Gasteiger partial charge in [-0.2, -0.15) is 0 Å². The maximum absolute atomic E-state index is 6.09. The number of nitrogens with one attached hydrogen (secondary N) is 1. The lowest BCUT2D eigenvalue weighted by Gasteiger charge is -2.36. The predicted molar refractivity (Wildman–Crippen MR) is 133 cm³/mol. The minimum atomic E-state index is 0. The molecule has 1 saturated heterocycles. The molecule has 1 aliphatic heterocycles. The maximum Gasteiger partial charge on any atom is 0.188 e. The van der Waals surface area contributed by atoms with E-state index in [0.29, 0.717) is 12.0 Å². The van der Waals surface area contributed by atoms with Gasteiger partial charge in [0.1, 0.15) is 5.75 Å². The number of halogens is 1. The number of aliphatic imine (C=N–C) groups is 1. The largest absolute Gasteiger partial charge is 0.497 e. The Morgan fingerprint density at radius 3 is 2.34 bits per heavy atom. The highest BCUT2D eigenvalue weighted by Gasteiger charge is 2.17. The molecular formula is C22H38IN5O. The first-order valence-corrected chi connectivity index (χ1v) is 10.9. The van der Waals surface area contributed by atoms with Gasteiger partial charge in [0.15, 0.2) is 5.96 Å². The molecule has 3 rings (SSSR count). The summed E-state index contributed by atoms with van der Waals surface area (Å²) in [6.45, 7) is 6.25. The Labute approximate surface area is 193 Å². The average molecular weight is 515 g/mol. The van der Waals surface area contributed by atoms with Crippen molar-refractivity contribution in [3.63, 3.8) is 0 Å². The fraction of sp³-hybridized carbons (Fsp3) is 0.682. The molecule has 1 aromatic carbocycles. The van der Waals surface area contributed by atoms with Crippen LogP contribution >= 0.6 is 24.0 Å². The lowest BCUT2D eigenvalue weighted by Crippen LogP contribution is -2.46. The Morgan fingerprint density at radius 1 is 1.07 bits per heavy atom. The van der Waals surface area contributed by atoms with Crippen LogP contribution in [0.2, 0.25) is 0 Å². The van der Waals surface area contributed by atoms with Crippen LogP contribution < -0.4 is 20.7 Å². The number of methoxy groups -OCH3 is 1. The minimum absolute atomic E-state index is 0. The Kier molecular flexibility index (Phi) is 10.9. The molecule has 0 aromatic heterocycles. The quantitative estimate of drug-likeness (QED) is 0.192. The van der Waals surface area contributed by atoms with Gasteiger partial charge in [-0.05, 0) is 43.5 Å². The smallest absolute Gasteiger partial charge is 0.188 e. The molecule has 0 atom stereocenters. The predicted octanol–water partition coefficient (Wildman–Crippen LogP) is 3.45. The summed E-state index contributed by atoms with van der Waals surface area (Å²) in [6, 6.07) is 8.89. The van der Waals surface area contributed by atoms with Gasteiger partial charge in [0.05, 0.1) is 7.11 Å². The molecule has 3 N–H and O–H groups in total. The highest BCUT2D eigenvalue weighted by Crippen LogP contribution is 2.20. The molecule has 29 heavy (non-hydrogen) atoms. The molecule has 0 radical (unpaired) electrons. The standard InChI is InChI=1S/C22H37N5O.HI/c1-28-21-11-9-20(10-12-21)27-17-15-26(16-18-27)14-6-13-24-22(23)25-19-7-4-2-3-5-8-19;/h9-12,19H,2-8,13-18H2,1H3,(H3,23,24,25);1H. The number of guanidine groups is 1. The Morgan fingerprint density at radius 2 is 1.72 bits per heavy atom. The van der Waals surface area contributed by atoms with Crippen LogP contribution in [-0.2, 0) is 0 Å². The molecule has 164 valence electrons. The van der Waals surface area contributed by atoms with E-state index in [-0.39, 0.29) is 24.0 Å². The number of anilines is 1. The van der Waals surface area contributed by atoms with Crippen molar-refractivity contribution < 1.29 is 4.74 Å². The number of benzene rings is 1. The Balaban J connectivity index is 0.00000300. The van der Waals surface area contributed by atoms with Gasteiger partial charge in [-0.15, -0.1) is 24.0 Å². The molecule has 0 spiro atoms. The summed E-state index contributed by atoms with van der Waals surface area (Å²) in [5.41, 5.74) is 7.37. The monoisotopic (exact) mass is 515 g/mol. The van der Waals surface area contributed by atoms with Crippen molar-refractivity contribution in [1.29, 1.82) is 0 Å². The van der Waals surface area contributed by atoms with Gasteiger partial charge < -0.3 is 20.7 Å². The molecule has 2 aliphatic rings. The minimum Gasteiger partial charge on any atom is -0.497 e. The molecular weight excluding hydrogens is 477 g/mol. The van der Waals surface area contributed by atoms with E-state index in [1.807, 2.05) is 12.1 Å². The summed E-state index contributed by atoms with van der Waals surface area (Å²) in [4.78, 5) is 9.53. The van der Waals surface area contributed by atoms with Crippen LogP contribution in [0.5, 0.6) is 5.75 Å². The van der Waals surface area contributed by atoms with Crippen molar-refractivity contribution in [2.75, 3.05) is 51.3 Å². The SMILES string of the molecule is COc1ccc(N2CCN(CCCN=C(N)NC3CCCCCC3)CC2)cc1.I. The van der Waals surface area contributed by atoms with E-state index in [1.54, 1.807) is 7.11 Å². The summed E-state index contributed by atoms with van der Waals surface area (Å²) in [5, 5.41) is 3.43. The van der Waals surface area contributed by atoms with E-state index < -0.39 is 0 Å². The number of hydrogen-bond acceptors (Lipinski definition) is 4. The maximum atomic E-state index is 6.09. The van der Waals surface area contributed by atoms with Gasteiger partial charge in [-0.1, -0.05) is 25.7 Å². The lowest BCUT2D eigenvalue weighted by atomic mass is 10.1. The highest BCUT2D eigenvalue weighted by molar-refractivity contribution is 14.0. The van der Waals surface area contributed by atoms with Crippen LogP contribution in [0.3, 0.4) is 0 Å². The third-order valence-electron chi connectivity index (χ3n) is 5.93. The van der Waals surface area contributed by atoms with Crippen molar-refractivity contribution in [2.24, 2.45) is 10.7 Å². The second kappa shape index (κ2) is 13.2. The van der Waals surface area contributed by atoms with Gasteiger partial charge in [-0.3, -0.25) is 9.89 Å². The van der Waals surface area contributed by atoms with Crippen LogP contribution in [0, 0.1) is 0 Å². The number of rotatable bonds is 7. The first kappa shape index (κ1) is 24.1. The van der Waals surface area contributed by atoms with Crippen LogP contribution in [-0.4, -0.2) is 63.3 Å². The van der Waals surface area contributed by atoms with Crippen LogP contribution in [0.4, 0.5) is 5.69 Å². The molecule has 1 aromatic rings. The second-order valence-electron chi connectivity index (χ2n) is 7.98. The molecule has 0 amide bonds. The van der Waals surface area contributed by atoms with Gasteiger partial charge in [0, 0.05) is 51.0 Å². The molecule has 1 saturated carbocycles. The van der Waals surface area contributed by atoms with Crippen molar-refractivity contribution in [3.05, 3.63) is 24.3 Å². The highest BCUT2D eigenvalue weighted by atomic mass is 127. The summed E-state index contributed by atoms with van der Waals surface area (Å²) >= 11 is 0.